The van der Waals surface area contributed by atoms with Crippen LogP contribution >= 0.6 is 0 Å². The highest BCUT2D eigenvalue weighted by molar-refractivity contribution is 5.94. The largest absolute Gasteiger partial charge is 0.496 e. The molecule has 1 unspecified atom stereocenters. The molecule has 1 aromatic rings. The predicted molar refractivity (Wildman–Crippen MR) is 87.6 cm³/mol. The van der Waals surface area contributed by atoms with E-state index >= 15 is 0 Å². The highest BCUT2D eigenvalue weighted by atomic mass is 16.5. The first kappa shape index (κ1) is 17.6. The van der Waals surface area contributed by atoms with E-state index in [1.807, 2.05) is 6.07 Å². The quantitative estimate of drug-likeness (QED) is 0.754. The lowest BCUT2D eigenvalue weighted by molar-refractivity contribution is -0.0233. The number of methoxy groups -OCH3 is 1. The van der Waals surface area contributed by atoms with E-state index < -0.39 is 17.7 Å². The molecule has 1 atom stereocenters. The fraction of sp³-hybridized carbons (Fsp3) is 0.611. The first-order valence-electron chi connectivity index (χ1n) is 8.14. The highest BCUT2D eigenvalue weighted by Crippen LogP contribution is 2.43. The van der Waals surface area contributed by atoms with Crippen molar-refractivity contribution in [3.63, 3.8) is 0 Å². The van der Waals surface area contributed by atoms with Gasteiger partial charge in [0.2, 0.25) is 0 Å². The topological polar surface area (TPSA) is 76.0 Å². The number of rotatable bonds is 7. The van der Waals surface area contributed by atoms with E-state index in [1.165, 1.54) is 0 Å². The zero-order valence-electron chi connectivity index (χ0n) is 14.3. The molecule has 0 saturated heterocycles. The van der Waals surface area contributed by atoms with E-state index in [0.29, 0.717) is 24.3 Å². The monoisotopic (exact) mass is 322 g/mol. The minimum Gasteiger partial charge on any atom is -0.496 e. The number of carboxylic acids is 1. The number of aromatic carboxylic acids is 1. The van der Waals surface area contributed by atoms with Gasteiger partial charge in [0.1, 0.15) is 23.2 Å². The first-order valence-corrected chi connectivity index (χ1v) is 8.14. The van der Waals surface area contributed by atoms with Crippen LogP contribution in [0.3, 0.4) is 0 Å². The van der Waals surface area contributed by atoms with Gasteiger partial charge in [-0.25, -0.2) is 4.79 Å². The Morgan fingerprint density at radius 2 is 2.13 bits per heavy atom. The summed E-state index contributed by atoms with van der Waals surface area (Å²) in [5.74, 6) is 0.00511. The van der Waals surface area contributed by atoms with Crippen molar-refractivity contribution in [1.29, 1.82) is 0 Å². The summed E-state index contributed by atoms with van der Waals surface area (Å²) in [6.45, 7) is 5.44. The van der Waals surface area contributed by atoms with Crippen molar-refractivity contribution < 1.29 is 24.5 Å². The molecule has 2 rings (SSSR count). The minimum atomic E-state index is -1.05. The molecule has 1 aliphatic rings. The molecule has 5 nitrogen and oxygen atoms in total. The third-order valence-electron chi connectivity index (χ3n) is 4.35. The number of benzene rings is 1. The molecule has 0 amide bonds. The third kappa shape index (κ3) is 3.61. The maximum Gasteiger partial charge on any atom is 0.339 e. The van der Waals surface area contributed by atoms with Crippen LogP contribution < -0.4 is 9.47 Å². The Morgan fingerprint density at radius 1 is 1.43 bits per heavy atom. The molecule has 5 heteroatoms. The Morgan fingerprint density at radius 3 is 2.65 bits per heavy atom. The zero-order valence-corrected chi connectivity index (χ0v) is 14.3. The van der Waals surface area contributed by atoms with Gasteiger partial charge in [-0.1, -0.05) is 19.8 Å². The van der Waals surface area contributed by atoms with Gasteiger partial charge >= 0.3 is 5.97 Å². The second kappa shape index (κ2) is 6.79. The summed E-state index contributed by atoms with van der Waals surface area (Å²) in [6, 6.07) is 1.81. The number of unbranched alkanes of at least 4 members (excludes halogenated alkanes) is 2. The van der Waals surface area contributed by atoms with Gasteiger partial charge in [-0.05, 0) is 38.3 Å². The molecule has 1 aliphatic heterocycles. The van der Waals surface area contributed by atoms with Crippen molar-refractivity contribution in [2.45, 2.75) is 64.6 Å². The highest BCUT2D eigenvalue weighted by Gasteiger charge is 2.39. The summed E-state index contributed by atoms with van der Waals surface area (Å²) in [4.78, 5) is 11.8. The molecule has 0 spiro atoms. The lowest BCUT2D eigenvalue weighted by Crippen LogP contribution is -2.39. The van der Waals surface area contributed by atoms with Crippen molar-refractivity contribution in [2.24, 2.45) is 0 Å². The average Bonchev–Trinajstić information content (AvgIpc) is 2.90. The summed E-state index contributed by atoms with van der Waals surface area (Å²) in [6.07, 6.45) is 3.68. The number of aryl methyl sites for hydroxylation is 1. The van der Waals surface area contributed by atoms with Crippen LogP contribution in [0.15, 0.2) is 6.07 Å². The van der Waals surface area contributed by atoms with Crippen molar-refractivity contribution in [1.82, 2.24) is 0 Å². The molecule has 2 N–H and O–H groups in total. The fourth-order valence-corrected chi connectivity index (χ4v) is 2.99. The molecule has 1 heterocycles. The van der Waals surface area contributed by atoms with Gasteiger partial charge in [-0.15, -0.1) is 0 Å². The summed E-state index contributed by atoms with van der Waals surface area (Å²) in [5, 5.41) is 19.9. The van der Waals surface area contributed by atoms with E-state index in [2.05, 4.69) is 6.92 Å². The van der Waals surface area contributed by atoms with Crippen molar-refractivity contribution >= 4 is 5.97 Å². The third-order valence-corrected chi connectivity index (χ3v) is 4.35. The molecule has 0 aromatic heterocycles. The number of hydrogen-bond acceptors (Lipinski definition) is 4. The molecule has 128 valence electrons. The number of aliphatic hydroxyl groups is 1. The van der Waals surface area contributed by atoms with Crippen molar-refractivity contribution in [3.8, 4) is 11.5 Å². The Balaban J connectivity index is 2.47. The van der Waals surface area contributed by atoms with Gasteiger partial charge in [-0.2, -0.15) is 0 Å². The van der Waals surface area contributed by atoms with Crippen LogP contribution in [0.25, 0.3) is 0 Å². The van der Waals surface area contributed by atoms with Gasteiger partial charge < -0.3 is 19.7 Å². The van der Waals surface area contributed by atoms with Crippen LogP contribution in [-0.2, 0) is 12.8 Å². The number of ether oxygens (including phenoxy) is 2. The van der Waals surface area contributed by atoms with E-state index in [9.17, 15) is 15.0 Å². The lowest BCUT2D eigenvalue weighted by atomic mass is 9.93. The summed E-state index contributed by atoms with van der Waals surface area (Å²) >= 11 is 0. The Bertz CT molecular complexity index is 586. The van der Waals surface area contributed by atoms with E-state index in [-0.39, 0.29) is 5.56 Å². The maximum absolute atomic E-state index is 11.8. The van der Waals surface area contributed by atoms with Crippen LogP contribution in [-0.4, -0.2) is 35.0 Å². The molecule has 0 bridgehead atoms. The molecular weight excluding hydrogens is 296 g/mol. The number of carbonyl (C=O) groups is 1. The predicted octanol–water partition coefficient (Wildman–Crippen LogP) is 3.20. The smallest absolute Gasteiger partial charge is 0.339 e. The van der Waals surface area contributed by atoms with Crippen molar-refractivity contribution in [3.05, 3.63) is 22.8 Å². The SMILES string of the molecule is CCCCCc1cc(OC)c2c(c1C(=O)O)OC(C(C)(C)O)C2. The molecule has 23 heavy (non-hydrogen) atoms. The van der Waals surface area contributed by atoms with Gasteiger partial charge in [0, 0.05) is 12.0 Å². The standard InChI is InChI=1S/C18H26O5/c1-5-6-7-8-11-9-13(22-4)12-10-14(18(2,3)21)23-16(12)15(11)17(19)20/h9,14,21H,5-8,10H2,1-4H3,(H,19,20). The Kier molecular flexibility index (Phi) is 5.19. The van der Waals surface area contributed by atoms with Crippen LogP contribution in [0.1, 0.15) is 61.5 Å². The molecule has 1 aromatic carbocycles. The number of carboxylic acid groups (broad SMARTS) is 1. The summed E-state index contributed by atoms with van der Waals surface area (Å²) < 4.78 is 11.3. The maximum atomic E-state index is 11.8. The molecule has 0 fully saturated rings. The molecule has 0 aliphatic carbocycles. The Hall–Kier alpha value is -1.75. The first-order chi connectivity index (χ1) is 10.8. The molecule has 0 radical (unpaired) electrons. The fourth-order valence-electron chi connectivity index (χ4n) is 2.99. The van der Waals surface area contributed by atoms with Crippen LogP contribution in [0.5, 0.6) is 11.5 Å². The number of hydrogen-bond donors (Lipinski definition) is 2. The minimum absolute atomic E-state index is 0.212. The van der Waals surface area contributed by atoms with Crippen LogP contribution in [0.2, 0.25) is 0 Å². The average molecular weight is 322 g/mol. The summed E-state index contributed by atoms with van der Waals surface area (Å²) in [7, 11) is 1.57. The lowest BCUT2D eigenvalue weighted by Gasteiger charge is -2.24. The van der Waals surface area contributed by atoms with Gasteiger partial charge in [-0.3, -0.25) is 0 Å². The second-order valence-electron chi connectivity index (χ2n) is 6.65. The Labute approximate surface area is 137 Å². The molecule has 0 saturated carbocycles. The van der Waals surface area contributed by atoms with E-state index in [1.54, 1.807) is 21.0 Å². The summed E-state index contributed by atoms with van der Waals surface area (Å²) in [5.41, 5.74) is 0.625. The molecular formula is C18H26O5. The van der Waals surface area contributed by atoms with Crippen LogP contribution in [0.4, 0.5) is 0 Å². The van der Waals surface area contributed by atoms with Crippen molar-refractivity contribution in [2.75, 3.05) is 7.11 Å². The van der Waals surface area contributed by atoms with E-state index in [0.717, 1.165) is 30.4 Å². The van der Waals surface area contributed by atoms with E-state index in [4.69, 9.17) is 9.47 Å². The normalized spacial score (nSPS) is 16.8. The zero-order chi connectivity index (χ0) is 17.2. The second-order valence-corrected chi connectivity index (χ2v) is 6.65. The van der Waals surface area contributed by atoms with Gasteiger partial charge in [0.25, 0.3) is 0 Å². The van der Waals surface area contributed by atoms with Gasteiger partial charge in [0.05, 0.1) is 12.7 Å². The van der Waals surface area contributed by atoms with Crippen LogP contribution in [0, 0.1) is 0 Å². The van der Waals surface area contributed by atoms with Gasteiger partial charge in [0.15, 0.2) is 0 Å². The number of fused-ring (bicyclic) bond motifs is 1.